The normalized spacial score (nSPS) is 19.4. The highest BCUT2D eigenvalue weighted by Gasteiger charge is 2.13. The molecule has 0 saturated carbocycles. The van der Waals surface area contributed by atoms with Gasteiger partial charge in [0.15, 0.2) is 0 Å². The summed E-state index contributed by atoms with van der Waals surface area (Å²) in [5, 5.41) is 10.5. The molecule has 0 aliphatic carbocycles. The van der Waals surface area contributed by atoms with Gasteiger partial charge in [0.1, 0.15) is 0 Å². The Hall–Kier alpha value is -0.910. The van der Waals surface area contributed by atoms with Crippen molar-refractivity contribution in [2.75, 3.05) is 32.8 Å². The van der Waals surface area contributed by atoms with Crippen LogP contribution in [0.5, 0.6) is 0 Å². The molecule has 5 nitrogen and oxygen atoms in total. The molecule has 1 fully saturated rings. The monoisotopic (exact) mass is 238 g/mol. The first-order valence-corrected chi connectivity index (χ1v) is 6.28. The Labute approximate surface area is 103 Å². The number of hydrogen-bond acceptors (Lipinski definition) is 4. The summed E-state index contributed by atoms with van der Waals surface area (Å²) in [5.74, 6) is 0. The van der Waals surface area contributed by atoms with Gasteiger partial charge in [-0.25, -0.2) is 0 Å². The first kappa shape index (κ1) is 12.5. The molecule has 1 aliphatic heterocycles. The average molecular weight is 238 g/mol. The van der Waals surface area contributed by atoms with Crippen molar-refractivity contribution >= 4 is 0 Å². The van der Waals surface area contributed by atoms with Gasteiger partial charge in [0.25, 0.3) is 0 Å². The summed E-state index contributed by atoms with van der Waals surface area (Å²) in [4.78, 5) is 2.45. The third-order valence-electron chi connectivity index (χ3n) is 3.21. The Bertz CT molecular complexity index is 333. The predicted octanol–water partition coefficient (Wildman–Crippen LogP) is 0.528. The van der Waals surface area contributed by atoms with Gasteiger partial charge in [0.05, 0.1) is 19.4 Å². The fraction of sp³-hybridized carbons (Fsp3) is 0.750. The lowest BCUT2D eigenvalue weighted by molar-refractivity contribution is 0.0343. The highest BCUT2D eigenvalue weighted by Crippen LogP contribution is 2.03. The second-order valence-corrected chi connectivity index (χ2v) is 4.72. The first-order valence-electron chi connectivity index (χ1n) is 6.28. The van der Waals surface area contributed by atoms with Crippen LogP contribution in [0.1, 0.15) is 18.2 Å². The van der Waals surface area contributed by atoms with Crippen molar-refractivity contribution in [1.29, 1.82) is 0 Å². The van der Waals surface area contributed by atoms with Crippen LogP contribution in [0.4, 0.5) is 0 Å². The van der Waals surface area contributed by atoms with E-state index in [2.05, 4.69) is 34.3 Å². The van der Waals surface area contributed by atoms with Crippen LogP contribution in [0.15, 0.2) is 6.20 Å². The highest BCUT2D eigenvalue weighted by molar-refractivity contribution is 5.13. The van der Waals surface area contributed by atoms with E-state index < -0.39 is 0 Å². The van der Waals surface area contributed by atoms with Gasteiger partial charge in [0, 0.05) is 43.5 Å². The second kappa shape index (κ2) is 6.14. The molecule has 1 atom stereocenters. The molecule has 0 aromatic carbocycles. The van der Waals surface area contributed by atoms with E-state index in [9.17, 15) is 0 Å². The van der Waals surface area contributed by atoms with E-state index in [0.717, 1.165) is 45.1 Å². The molecule has 2 heterocycles. The molecule has 1 aromatic heterocycles. The topological polar surface area (TPSA) is 53.2 Å². The number of H-pyrrole nitrogens is 1. The minimum Gasteiger partial charge on any atom is -0.379 e. The highest BCUT2D eigenvalue weighted by atomic mass is 16.5. The van der Waals surface area contributed by atoms with Gasteiger partial charge in [-0.05, 0) is 13.8 Å². The summed E-state index contributed by atoms with van der Waals surface area (Å²) in [6.07, 6.45) is 1.89. The zero-order valence-electron chi connectivity index (χ0n) is 10.7. The van der Waals surface area contributed by atoms with E-state index in [4.69, 9.17) is 4.74 Å². The van der Waals surface area contributed by atoms with E-state index in [1.165, 1.54) is 5.56 Å². The molecule has 5 heteroatoms. The molecular formula is C12H22N4O. The van der Waals surface area contributed by atoms with Crippen molar-refractivity contribution in [3.8, 4) is 0 Å². The van der Waals surface area contributed by atoms with Gasteiger partial charge in [0.2, 0.25) is 0 Å². The number of rotatable bonds is 5. The first-order chi connectivity index (χ1) is 8.25. The number of morpholine rings is 1. The fourth-order valence-electron chi connectivity index (χ4n) is 2.07. The lowest BCUT2D eigenvalue weighted by Crippen LogP contribution is -2.44. The quantitative estimate of drug-likeness (QED) is 0.785. The van der Waals surface area contributed by atoms with Crippen LogP contribution < -0.4 is 5.32 Å². The summed E-state index contributed by atoms with van der Waals surface area (Å²) in [7, 11) is 0. The van der Waals surface area contributed by atoms with Gasteiger partial charge < -0.3 is 10.1 Å². The van der Waals surface area contributed by atoms with Gasteiger partial charge in [-0.1, -0.05) is 0 Å². The molecule has 1 saturated heterocycles. The predicted molar refractivity (Wildman–Crippen MR) is 66.9 cm³/mol. The largest absolute Gasteiger partial charge is 0.379 e. The van der Waals surface area contributed by atoms with Crippen molar-refractivity contribution < 1.29 is 4.74 Å². The third-order valence-corrected chi connectivity index (χ3v) is 3.21. The minimum atomic E-state index is 0.488. The van der Waals surface area contributed by atoms with Crippen LogP contribution in [-0.2, 0) is 11.3 Å². The molecular weight excluding hydrogens is 216 g/mol. The molecule has 96 valence electrons. The number of aromatic amines is 1. The van der Waals surface area contributed by atoms with Crippen LogP contribution in [0.3, 0.4) is 0 Å². The maximum atomic E-state index is 5.34. The summed E-state index contributed by atoms with van der Waals surface area (Å²) >= 11 is 0. The SMILES string of the molecule is Cc1[nH]ncc1CNC(C)CN1CCOCC1. The Morgan fingerprint density at radius 1 is 1.53 bits per heavy atom. The molecule has 0 radical (unpaired) electrons. The number of nitrogens with one attached hydrogen (secondary N) is 2. The maximum Gasteiger partial charge on any atom is 0.0594 e. The van der Waals surface area contributed by atoms with E-state index in [-0.39, 0.29) is 0 Å². The standard InChI is InChI=1S/C12H22N4O/c1-10(9-16-3-5-17-6-4-16)13-7-12-8-14-15-11(12)2/h8,10,13H,3-7,9H2,1-2H3,(H,14,15). The minimum absolute atomic E-state index is 0.488. The molecule has 2 rings (SSSR count). The van der Waals surface area contributed by atoms with Gasteiger partial charge in [-0.15, -0.1) is 0 Å². The fourth-order valence-corrected chi connectivity index (χ4v) is 2.07. The van der Waals surface area contributed by atoms with Crippen molar-refractivity contribution in [3.63, 3.8) is 0 Å². The summed E-state index contributed by atoms with van der Waals surface area (Å²) in [6.45, 7) is 10.1. The summed E-state index contributed by atoms with van der Waals surface area (Å²) in [6, 6.07) is 0.488. The Morgan fingerprint density at radius 3 is 2.94 bits per heavy atom. The van der Waals surface area contributed by atoms with Crippen molar-refractivity contribution in [2.45, 2.75) is 26.4 Å². The van der Waals surface area contributed by atoms with Crippen LogP contribution >= 0.6 is 0 Å². The zero-order chi connectivity index (χ0) is 12.1. The average Bonchev–Trinajstić information content (AvgIpc) is 2.74. The number of aromatic nitrogens is 2. The molecule has 1 unspecified atom stereocenters. The molecule has 2 N–H and O–H groups in total. The van der Waals surface area contributed by atoms with Gasteiger partial charge in [-0.2, -0.15) is 5.10 Å². The Kier molecular flexibility index (Phi) is 4.53. The summed E-state index contributed by atoms with van der Waals surface area (Å²) < 4.78 is 5.34. The molecule has 0 amide bonds. The molecule has 1 aliphatic rings. The number of hydrogen-bond donors (Lipinski definition) is 2. The lowest BCUT2D eigenvalue weighted by Gasteiger charge is -2.29. The number of aryl methyl sites for hydroxylation is 1. The number of ether oxygens (including phenoxy) is 1. The van der Waals surface area contributed by atoms with E-state index in [1.54, 1.807) is 0 Å². The molecule has 0 spiro atoms. The van der Waals surface area contributed by atoms with Crippen molar-refractivity contribution in [1.82, 2.24) is 20.4 Å². The van der Waals surface area contributed by atoms with Crippen molar-refractivity contribution in [3.05, 3.63) is 17.5 Å². The zero-order valence-corrected chi connectivity index (χ0v) is 10.7. The summed E-state index contributed by atoms with van der Waals surface area (Å²) in [5.41, 5.74) is 2.40. The van der Waals surface area contributed by atoms with Crippen LogP contribution in [0.25, 0.3) is 0 Å². The second-order valence-electron chi connectivity index (χ2n) is 4.72. The molecule has 17 heavy (non-hydrogen) atoms. The van der Waals surface area contributed by atoms with E-state index in [0.29, 0.717) is 6.04 Å². The van der Waals surface area contributed by atoms with Crippen molar-refractivity contribution in [2.24, 2.45) is 0 Å². The molecule has 0 bridgehead atoms. The Morgan fingerprint density at radius 2 is 2.29 bits per heavy atom. The van der Waals surface area contributed by atoms with Gasteiger partial charge in [-0.3, -0.25) is 10.00 Å². The van der Waals surface area contributed by atoms with E-state index >= 15 is 0 Å². The van der Waals surface area contributed by atoms with Gasteiger partial charge >= 0.3 is 0 Å². The third kappa shape index (κ3) is 3.80. The molecule has 1 aromatic rings. The lowest BCUT2D eigenvalue weighted by atomic mass is 10.2. The van der Waals surface area contributed by atoms with E-state index in [1.807, 2.05) is 6.20 Å². The smallest absolute Gasteiger partial charge is 0.0594 e. The number of nitrogens with zero attached hydrogens (tertiary/aromatic N) is 2. The van der Waals surface area contributed by atoms with Crippen LogP contribution in [-0.4, -0.2) is 54.0 Å². The van der Waals surface area contributed by atoms with Crippen LogP contribution in [0, 0.1) is 6.92 Å². The maximum absolute atomic E-state index is 5.34. The van der Waals surface area contributed by atoms with Crippen LogP contribution in [0.2, 0.25) is 0 Å². The Balaban J connectivity index is 1.70.